The molecule has 1 aromatic rings. The average Bonchev–Trinajstić information content (AvgIpc) is 2.08. The fraction of sp³-hybridized carbons (Fsp3) is 0.455. The summed E-state index contributed by atoms with van der Waals surface area (Å²) in [6.07, 6.45) is -0.0658. The Morgan fingerprint density at radius 2 is 2.15 bits per heavy atom. The first-order valence-corrected chi connectivity index (χ1v) is 4.58. The monoisotopic (exact) mass is 181 g/mol. The molecule has 1 rings (SSSR count). The van der Waals surface area contributed by atoms with E-state index in [2.05, 4.69) is 0 Å². The lowest BCUT2D eigenvalue weighted by Gasteiger charge is -2.08. The van der Waals surface area contributed by atoms with Crippen LogP contribution in [0.1, 0.15) is 29.8 Å². The van der Waals surface area contributed by atoms with Gasteiger partial charge in [0.05, 0.1) is 0 Å². The second kappa shape index (κ2) is 4.38. The van der Waals surface area contributed by atoms with E-state index < -0.39 is 6.17 Å². The molecule has 13 heavy (non-hydrogen) atoms. The van der Waals surface area contributed by atoms with Crippen LogP contribution in [-0.4, -0.2) is 6.54 Å². The Bertz CT molecular complexity index is 281. The van der Waals surface area contributed by atoms with Crippen molar-refractivity contribution in [2.45, 2.75) is 26.4 Å². The minimum atomic E-state index is -0.892. The molecule has 0 saturated heterocycles. The molecule has 0 saturated carbocycles. The molecule has 0 aliphatic carbocycles. The summed E-state index contributed by atoms with van der Waals surface area (Å²) in [6, 6.07) is 5.70. The van der Waals surface area contributed by atoms with Crippen LogP contribution in [0.4, 0.5) is 4.39 Å². The van der Waals surface area contributed by atoms with E-state index in [-0.39, 0.29) is 0 Å². The van der Waals surface area contributed by atoms with Gasteiger partial charge in [0.2, 0.25) is 0 Å². The Balaban J connectivity index is 2.97. The molecule has 1 atom stereocenters. The summed E-state index contributed by atoms with van der Waals surface area (Å²) < 4.78 is 13.0. The molecule has 0 fully saturated rings. The fourth-order valence-corrected chi connectivity index (χ4v) is 1.36. The van der Waals surface area contributed by atoms with E-state index in [0.717, 1.165) is 17.5 Å². The number of rotatable bonds is 3. The molecule has 2 N–H and O–H groups in total. The number of halogens is 1. The van der Waals surface area contributed by atoms with Crippen molar-refractivity contribution in [2.24, 2.45) is 5.73 Å². The molecule has 0 bridgehead atoms. The molecule has 1 unspecified atom stereocenters. The van der Waals surface area contributed by atoms with Crippen LogP contribution >= 0.6 is 0 Å². The van der Waals surface area contributed by atoms with Gasteiger partial charge in [0.1, 0.15) is 6.17 Å². The van der Waals surface area contributed by atoms with Crippen molar-refractivity contribution in [1.82, 2.24) is 0 Å². The first kappa shape index (κ1) is 10.2. The van der Waals surface area contributed by atoms with Crippen molar-refractivity contribution in [3.05, 3.63) is 34.9 Å². The highest BCUT2D eigenvalue weighted by molar-refractivity contribution is 5.32. The van der Waals surface area contributed by atoms with Gasteiger partial charge in [0.25, 0.3) is 0 Å². The molecule has 0 aromatic heterocycles. The van der Waals surface area contributed by atoms with Crippen molar-refractivity contribution >= 4 is 0 Å². The van der Waals surface area contributed by atoms with Gasteiger partial charge < -0.3 is 5.73 Å². The molecule has 72 valence electrons. The quantitative estimate of drug-likeness (QED) is 0.761. The highest BCUT2D eigenvalue weighted by Crippen LogP contribution is 2.19. The van der Waals surface area contributed by atoms with Gasteiger partial charge in [0, 0.05) is 0 Å². The van der Waals surface area contributed by atoms with Gasteiger partial charge in [-0.1, -0.05) is 18.2 Å². The van der Waals surface area contributed by atoms with E-state index in [4.69, 9.17) is 5.73 Å². The number of hydrogen-bond donors (Lipinski definition) is 1. The zero-order chi connectivity index (χ0) is 9.84. The molecule has 0 radical (unpaired) electrons. The Kier molecular flexibility index (Phi) is 3.43. The van der Waals surface area contributed by atoms with Crippen LogP contribution in [0.25, 0.3) is 0 Å². The van der Waals surface area contributed by atoms with Crippen LogP contribution in [0, 0.1) is 6.92 Å². The van der Waals surface area contributed by atoms with Crippen LogP contribution < -0.4 is 5.73 Å². The lowest BCUT2D eigenvalue weighted by Crippen LogP contribution is -2.04. The van der Waals surface area contributed by atoms with Crippen LogP contribution in [-0.2, 0) is 6.42 Å². The molecule has 2 heteroatoms. The van der Waals surface area contributed by atoms with Gasteiger partial charge in [-0.25, -0.2) is 4.39 Å². The van der Waals surface area contributed by atoms with E-state index in [1.54, 1.807) is 6.92 Å². The smallest absolute Gasteiger partial charge is 0.122 e. The molecule has 1 aromatic carbocycles. The maximum atomic E-state index is 13.0. The Morgan fingerprint density at radius 1 is 1.46 bits per heavy atom. The van der Waals surface area contributed by atoms with Crippen molar-refractivity contribution in [3.63, 3.8) is 0 Å². The molecule has 0 heterocycles. The number of benzene rings is 1. The van der Waals surface area contributed by atoms with Gasteiger partial charge in [-0.05, 0) is 43.5 Å². The molecule has 1 nitrogen and oxygen atoms in total. The van der Waals surface area contributed by atoms with Crippen LogP contribution in [0.2, 0.25) is 0 Å². The van der Waals surface area contributed by atoms with Crippen LogP contribution in [0.3, 0.4) is 0 Å². The van der Waals surface area contributed by atoms with Gasteiger partial charge in [0.15, 0.2) is 0 Å². The lowest BCUT2D eigenvalue weighted by molar-refractivity contribution is 0.374. The average molecular weight is 181 g/mol. The summed E-state index contributed by atoms with van der Waals surface area (Å²) in [5.74, 6) is 0. The molecule has 0 aliphatic heterocycles. The third-order valence-corrected chi connectivity index (χ3v) is 2.25. The first-order chi connectivity index (χ1) is 6.15. The summed E-state index contributed by atoms with van der Waals surface area (Å²) >= 11 is 0. The number of aryl methyl sites for hydroxylation is 1. The van der Waals surface area contributed by atoms with Crippen molar-refractivity contribution in [3.8, 4) is 0 Å². The number of alkyl halides is 1. The van der Waals surface area contributed by atoms with E-state index in [1.807, 2.05) is 25.1 Å². The minimum absolute atomic E-state index is 0.616. The van der Waals surface area contributed by atoms with Crippen LogP contribution in [0.15, 0.2) is 18.2 Å². The Labute approximate surface area is 78.8 Å². The summed E-state index contributed by atoms with van der Waals surface area (Å²) in [7, 11) is 0. The van der Waals surface area contributed by atoms with E-state index in [9.17, 15) is 4.39 Å². The van der Waals surface area contributed by atoms with E-state index >= 15 is 0 Å². The zero-order valence-electron chi connectivity index (χ0n) is 8.18. The van der Waals surface area contributed by atoms with Crippen molar-refractivity contribution in [2.75, 3.05) is 6.54 Å². The molecular formula is C11H16FN. The predicted molar refractivity (Wildman–Crippen MR) is 53.5 cm³/mol. The van der Waals surface area contributed by atoms with Gasteiger partial charge in [-0.2, -0.15) is 0 Å². The second-order valence-electron chi connectivity index (χ2n) is 3.34. The highest BCUT2D eigenvalue weighted by Gasteiger charge is 2.05. The van der Waals surface area contributed by atoms with E-state index in [0.29, 0.717) is 6.54 Å². The normalized spacial score (nSPS) is 12.9. The largest absolute Gasteiger partial charge is 0.330 e. The Morgan fingerprint density at radius 3 is 2.69 bits per heavy atom. The molecular weight excluding hydrogens is 165 g/mol. The standard InChI is InChI=1S/C11H16FN/c1-8-3-4-11(9(2)12)7-10(8)5-6-13/h3-4,7,9H,5-6,13H2,1-2H3. The van der Waals surface area contributed by atoms with Gasteiger partial charge in [-0.3, -0.25) is 0 Å². The number of hydrogen-bond acceptors (Lipinski definition) is 1. The summed E-state index contributed by atoms with van der Waals surface area (Å²) in [5, 5.41) is 0. The summed E-state index contributed by atoms with van der Waals surface area (Å²) in [5.41, 5.74) is 8.55. The van der Waals surface area contributed by atoms with Crippen molar-refractivity contribution < 1.29 is 4.39 Å². The molecule has 0 amide bonds. The van der Waals surface area contributed by atoms with Gasteiger partial charge in [-0.15, -0.1) is 0 Å². The van der Waals surface area contributed by atoms with Crippen LogP contribution in [0.5, 0.6) is 0 Å². The maximum Gasteiger partial charge on any atom is 0.122 e. The summed E-state index contributed by atoms with van der Waals surface area (Å²) in [4.78, 5) is 0. The third-order valence-electron chi connectivity index (χ3n) is 2.25. The molecule has 0 aliphatic rings. The first-order valence-electron chi connectivity index (χ1n) is 4.58. The van der Waals surface area contributed by atoms with Crippen molar-refractivity contribution in [1.29, 1.82) is 0 Å². The zero-order valence-corrected chi connectivity index (χ0v) is 8.18. The fourth-order valence-electron chi connectivity index (χ4n) is 1.36. The summed E-state index contributed by atoms with van der Waals surface area (Å²) in [6.45, 7) is 4.19. The third kappa shape index (κ3) is 2.52. The maximum absolute atomic E-state index is 13.0. The van der Waals surface area contributed by atoms with Gasteiger partial charge >= 0.3 is 0 Å². The van der Waals surface area contributed by atoms with E-state index in [1.165, 1.54) is 5.56 Å². The molecule has 0 spiro atoms. The predicted octanol–water partition coefficient (Wildman–Crippen LogP) is 2.53. The lowest BCUT2D eigenvalue weighted by atomic mass is 10.0. The topological polar surface area (TPSA) is 26.0 Å². The second-order valence-corrected chi connectivity index (χ2v) is 3.34. The minimum Gasteiger partial charge on any atom is -0.330 e. The SMILES string of the molecule is Cc1ccc(C(C)F)cc1CCN. The number of nitrogens with two attached hydrogens (primary N) is 1. The highest BCUT2D eigenvalue weighted by atomic mass is 19.1. The Hall–Kier alpha value is -0.890.